The molecule has 0 aromatic heterocycles. The Labute approximate surface area is 110 Å². The van der Waals surface area contributed by atoms with E-state index >= 15 is 0 Å². The van der Waals surface area contributed by atoms with Crippen LogP contribution in [0.3, 0.4) is 0 Å². The van der Waals surface area contributed by atoms with Crippen molar-refractivity contribution in [2.24, 2.45) is 10.4 Å². The molecule has 4 nitrogen and oxygen atoms in total. The normalized spacial score (nSPS) is 33.3. The van der Waals surface area contributed by atoms with Crippen molar-refractivity contribution in [2.75, 3.05) is 13.1 Å². The number of aliphatic hydroxyl groups is 1. The first kappa shape index (κ1) is 13.7. The predicted octanol–water partition coefficient (Wildman–Crippen LogP) is 1.65. The lowest BCUT2D eigenvalue weighted by molar-refractivity contribution is 0.00716. The van der Waals surface area contributed by atoms with Gasteiger partial charge in [0, 0.05) is 18.0 Å². The highest BCUT2D eigenvalue weighted by Gasteiger charge is 2.35. The van der Waals surface area contributed by atoms with Gasteiger partial charge in [0.05, 0.1) is 12.6 Å². The molecule has 0 amide bonds. The minimum absolute atomic E-state index is 0.0375. The second kappa shape index (κ2) is 5.91. The molecule has 104 valence electrons. The standard InChI is InChI=1S/C14H27N3O/c1-3-15-13(17-11-7-8-11)16-10-14(2)9-5-4-6-12(14)18/h11-12,18H,3-10H2,1-2H3,(H2,15,16,17). The molecule has 2 unspecified atom stereocenters. The van der Waals surface area contributed by atoms with Gasteiger partial charge in [0.2, 0.25) is 0 Å². The Bertz CT molecular complexity index is 301. The average Bonchev–Trinajstić information content (AvgIpc) is 3.15. The summed E-state index contributed by atoms with van der Waals surface area (Å²) in [5.41, 5.74) is -0.0375. The molecular formula is C14H27N3O. The van der Waals surface area contributed by atoms with Crippen LogP contribution in [0.4, 0.5) is 0 Å². The molecule has 2 rings (SSSR count). The van der Waals surface area contributed by atoms with Crippen LogP contribution >= 0.6 is 0 Å². The Hall–Kier alpha value is -0.770. The Balaban J connectivity index is 1.91. The van der Waals surface area contributed by atoms with E-state index in [1.54, 1.807) is 0 Å². The van der Waals surface area contributed by atoms with Gasteiger partial charge < -0.3 is 15.7 Å². The van der Waals surface area contributed by atoms with Crippen LogP contribution in [0.15, 0.2) is 4.99 Å². The van der Waals surface area contributed by atoms with Crippen molar-refractivity contribution in [3.8, 4) is 0 Å². The van der Waals surface area contributed by atoms with Gasteiger partial charge in [-0.05, 0) is 32.6 Å². The predicted molar refractivity (Wildman–Crippen MR) is 74.7 cm³/mol. The second-order valence-electron chi connectivity index (χ2n) is 6.03. The van der Waals surface area contributed by atoms with E-state index in [2.05, 4.69) is 29.5 Å². The highest BCUT2D eigenvalue weighted by molar-refractivity contribution is 5.80. The van der Waals surface area contributed by atoms with Gasteiger partial charge >= 0.3 is 0 Å². The van der Waals surface area contributed by atoms with Crippen molar-refractivity contribution >= 4 is 5.96 Å². The molecule has 2 fully saturated rings. The summed E-state index contributed by atoms with van der Waals surface area (Å²) in [4.78, 5) is 4.67. The van der Waals surface area contributed by atoms with Gasteiger partial charge in [-0.25, -0.2) is 0 Å². The molecule has 2 atom stereocenters. The topological polar surface area (TPSA) is 56.7 Å². The van der Waals surface area contributed by atoms with Crippen LogP contribution in [-0.2, 0) is 0 Å². The molecule has 0 saturated heterocycles. The van der Waals surface area contributed by atoms with E-state index in [1.165, 1.54) is 19.3 Å². The zero-order valence-corrected chi connectivity index (χ0v) is 11.7. The van der Waals surface area contributed by atoms with Crippen LogP contribution in [-0.4, -0.2) is 36.3 Å². The maximum atomic E-state index is 10.2. The van der Waals surface area contributed by atoms with E-state index in [0.717, 1.165) is 38.3 Å². The molecular weight excluding hydrogens is 226 g/mol. The van der Waals surface area contributed by atoms with Crippen molar-refractivity contribution in [1.29, 1.82) is 0 Å². The number of nitrogens with one attached hydrogen (secondary N) is 2. The van der Waals surface area contributed by atoms with Gasteiger partial charge in [-0.2, -0.15) is 0 Å². The summed E-state index contributed by atoms with van der Waals surface area (Å²) >= 11 is 0. The molecule has 2 aliphatic rings. The number of hydrogen-bond acceptors (Lipinski definition) is 2. The third-order valence-electron chi connectivity index (χ3n) is 4.14. The van der Waals surface area contributed by atoms with E-state index in [-0.39, 0.29) is 11.5 Å². The molecule has 0 bridgehead atoms. The van der Waals surface area contributed by atoms with Gasteiger partial charge in [0.1, 0.15) is 0 Å². The summed E-state index contributed by atoms with van der Waals surface area (Å²) in [6, 6.07) is 0.617. The highest BCUT2D eigenvalue weighted by Crippen LogP contribution is 2.36. The Morgan fingerprint density at radius 1 is 1.33 bits per heavy atom. The van der Waals surface area contributed by atoms with E-state index in [4.69, 9.17) is 0 Å². The third kappa shape index (κ3) is 3.61. The zero-order valence-electron chi connectivity index (χ0n) is 11.7. The SMILES string of the molecule is CCNC(=NCC1(C)CCCCC1O)NC1CC1. The van der Waals surface area contributed by atoms with E-state index < -0.39 is 0 Å². The molecule has 18 heavy (non-hydrogen) atoms. The molecule has 0 heterocycles. The van der Waals surface area contributed by atoms with Crippen LogP contribution in [0.25, 0.3) is 0 Å². The Kier molecular flexibility index (Phi) is 4.49. The maximum absolute atomic E-state index is 10.2. The highest BCUT2D eigenvalue weighted by atomic mass is 16.3. The van der Waals surface area contributed by atoms with Crippen molar-refractivity contribution in [1.82, 2.24) is 10.6 Å². The van der Waals surface area contributed by atoms with Gasteiger partial charge in [-0.1, -0.05) is 19.8 Å². The lowest BCUT2D eigenvalue weighted by Crippen LogP contribution is -2.42. The smallest absolute Gasteiger partial charge is 0.191 e. The van der Waals surface area contributed by atoms with Crippen LogP contribution in [0.5, 0.6) is 0 Å². The van der Waals surface area contributed by atoms with Crippen molar-refractivity contribution in [3.63, 3.8) is 0 Å². The molecule has 3 N–H and O–H groups in total. The van der Waals surface area contributed by atoms with Gasteiger partial charge in [0.25, 0.3) is 0 Å². The van der Waals surface area contributed by atoms with Crippen LogP contribution < -0.4 is 10.6 Å². The van der Waals surface area contributed by atoms with Crippen molar-refractivity contribution < 1.29 is 5.11 Å². The third-order valence-corrected chi connectivity index (χ3v) is 4.14. The van der Waals surface area contributed by atoms with Gasteiger partial charge in [-0.15, -0.1) is 0 Å². The van der Waals surface area contributed by atoms with E-state index in [0.29, 0.717) is 6.04 Å². The number of hydrogen-bond donors (Lipinski definition) is 3. The van der Waals surface area contributed by atoms with Gasteiger partial charge in [-0.3, -0.25) is 4.99 Å². The second-order valence-corrected chi connectivity index (χ2v) is 6.03. The summed E-state index contributed by atoms with van der Waals surface area (Å²) in [6.45, 7) is 5.86. The first-order valence-corrected chi connectivity index (χ1v) is 7.37. The Morgan fingerprint density at radius 3 is 2.72 bits per heavy atom. The fourth-order valence-electron chi connectivity index (χ4n) is 2.57. The fraction of sp³-hybridized carbons (Fsp3) is 0.929. The monoisotopic (exact) mass is 253 g/mol. The molecule has 4 heteroatoms. The van der Waals surface area contributed by atoms with Crippen LogP contribution in [0.1, 0.15) is 52.4 Å². The van der Waals surface area contributed by atoms with Crippen LogP contribution in [0.2, 0.25) is 0 Å². The van der Waals surface area contributed by atoms with E-state index in [9.17, 15) is 5.11 Å². The van der Waals surface area contributed by atoms with Crippen LogP contribution in [0, 0.1) is 5.41 Å². The molecule has 0 aromatic carbocycles. The Morgan fingerprint density at radius 2 is 2.11 bits per heavy atom. The van der Waals surface area contributed by atoms with Crippen molar-refractivity contribution in [2.45, 2.75) is 64.5 Å². The number of nitrogens with zero attached hydrogens (tertiary/aromatic N) is 1. The zero-order chi connectivity index (χ0) is 13.0. The summed E-state index contributed by atoms with van der Waals surface area (Å²) in [5.74, 6) is 0.916. The maximum Gasteiger partial charge on any atom is 0.191 e. The first-order valence-electron chi connectivity index (χ1n) is 7.37. The quantitative estimate of drug-likeness (QED) is 0.527. The minimum Gasteiger partial charge on any atom is -0.392 e. The lowest BCUT2D eigenvalue weighted by Gasteiger charge is -2.37. The molecule has 0 radical (unpaired) electrons. The number of aliphatic hydroxyl groups excluding tert-OH is 1. The lowest BCUT2D eigenvalue weighted by atomic mass is 9.73. The number of guanidine groups is 1. The summed E-state index contributed by atoms with van der Waals surface area (Å²) < 4.78 is 0. The van der Waals surface area contributed by atoms with Gasteiger partial charge in [0.15, 0.2) is 5.96 Å². The van der Waals surface area contributed by atoms with Crippen molar-refractivity contribution in [3.05, 3.63) is 0 Å². The molecule has 2 aliphatic carbocycles. The number of aliphatic imine (C=N–C) groups is 1. The minimum atomic E-state index is -0.196. The summed E-state index contributed by atoms with van der Waals surface area (Å²) in [6.07, 6.45) is 6.70. The van der Waals surface area contributed by atoms with E-state index in [1.807, 2.05) is 0 Å². The summed E-state index contributed by atoms with van der Waals surface area (Å²) in [5, 5.41) is 16.9. The largest absolute Gasteiger partial charge is 0.392 e. The molecule has 2 saturated carbocycles. The molecule has 0 spiro atoms. The molecule has 0 aromatic rings. The average molecular weight is 253 g/mol. The number of rotatable bonds is 4. The fourth-order valence-corrected chi connectivity index (χ4v) is 2.57. The first-order chi connectivity index (χ1) is 8.64. The summed E-state index contributed by atoms with van der Waals surface area (Å²) in [7, 11) is 0. The molecule has 0 aliphatic heterocycles.